The highest BCUT2D eigenvalue weighted by molar-refractivity contribution is 8.00. The number of thioether (sulfide) groups is 1. The number of nitrogens with zero attached hydrogens (tertiary/aromatic N) is 2. The predicted molar refractivity (Wildman–Crippen MR) is 165 cm³/mol. The Hall–Kier alpha value is -4.08. The van der Waals surface area contributed by atoms with Gasteiger partial charge in [0.25, 0.3) is 5.56 Å². The molecule has 6 rings (SSSR count). The van der Waals surface area contributed by atoms with E-state index in [4.69, 9.17) is 14.5 Å². The molecule has 0 radical (unpaired) electrons. The third kappa shape index (κ3) is 5.73. The molecule has 2 aromatic heterocycles. The Morgan fingerprint density at radius 2 is 1.71 bits per heavy atom. The minimum atomic E-state index is -0.522. The summed E-state index contributed by atoms with van der Waals surface area (Å²) in [4.78, 5) is 34.3. The van der Waals surface area contributed by atoms with Gasteiger partial charge in [0.1, 0.15) is 22.1 Å². The van der Waals surface area contributed by atoms with Crippen LogP contribution in [0, 0.1) is 0 Å². The maximum Gasteiger partial charge on any atom is 0.267 e. The summed E-state index contributed by atoms with van der Waals surface area (Å²) in [6, 6.07) is 24.1. The maximum absolute atomic E-state index is 14.1. The number of methoxy groups -OCH3 is 1. The third-order valence-corrected chi connectivity index (χ3v) is 9.26. The molecule has 0 bridgehead atoms. The molecule has 1 aliphatic rings. The number of para-hydroxylation sites is 1. The number of amides is 1. The van der Waals surface area contributed by atoms with Crippen molar-refractivity contribution in [3.8, 4) is 22.9 Å². The Balaban J connectivity index is 1.27. The number of ether oxygens (including phenoxy) is 2. The highest BCUT2D eigenvalue weighted by atomic mass is 32.2. The first kappa shape index (κ1) is 27.1. The molecule has 3 aromatic carbocycles. The molecule has 0 fully saturated rings. The maximum atomic E-state index is 14.1. The van der Waals surface area contributed by atoms with Gasteiger partial charge in [-0.15, -0.1) is 11.3 Å². The second-order valence-electron chi connectivity index (χ2n) is 9.82. The number of aromatic nitrogens is 2. The van der Waals surface area contributed by atoms with Crippen molar-refractivity contribution in [3.05, 3.63) is 99.7 Å². The first-order chi connectivity index (χ1) is 20.0. The molecule has 9 heteroatoms. The molecule has 208 valence electrons. The van der Waals surface area contributed by atoms with Gasteiger partial charge in [-0.05, 0) is 86.7 Å². The third-order valence-electron chi connectivity index (χ3n) is 7.02. The fourth-order valence-electron chi connectivity index (χ4n) is 4.93. The summed E-state index contributed by atoms with van der Waals surface area (Å²) < 4.78 is 12.9. The van der Waals surface area contributed by atoms with Gasteiger partial charge >= 0.3 is 0 Å². The summed E-state index contributed by atoms with van der Waals surface area (Å²) in [6.07, 6.45) is 4.07. The Morgan fingerprint density at radius 3 is 2.49 bits per heavy atom. The highest BCUT2D eigenvalue weighted by Crippen LogP contribution is 2.36. The lowest BCUT2D eigenvalue weighted by Gasteiger charge is -2.17. The lowest BCUT2D eigenvalue weighted by atomic mass is 9.97. The number of rotatable bonds is 8. The van der Waals surface area contributed by atoms with Crippen molar-refractivity contribution in [2.75, 3.05) is 12.4 Å². The van der Waals surface area contributed by atoms with E-state index in [-0.39, 0.29) is 11.5 Å². The second-order valence-corrected chi connectivity index (χ2v) is 12.2. The van der Waals surface area contributed by atoms with Crippen LogP contribution in [0.15, 0.2) is 88.8 Å². The molecule has 0 unspecified atom stereocenters. The SMILES string of the molecule is COc1cccc(-n2c(S[C@H](C)C(=O)Nc3ccc(Oc4ccccc4)cc3)nc3sc4c(c3c2=O)CCCC4)c1. The van der Waals surface area contributed by atoms with E-state index in [0.29, 0.717) is 33.4 Å². The molecule has 1 aliphatic carbocycles. The van der Waals surface area contributed by atoms with Crippen LogP contribution in [0.25, 0.3) is 15.9 Å². The first-order valence-corrected chi connectivity index (χ1v) is 15.2. The van der Waals surface area contributed by atoms with Crippen LogP contribution in [0.4, 0.5) is 5.69 Å². The number of carbonyl (C=O) groups excluding carboxylic acids is 1. The van der Waals surface area contributed by atoms with Crippen LogP contribution < -0.4 is 20.3 Å². The number of carbonyl (C=O) groups is 1. The van der Waals surface area contributed by atoms with E-state index in [1.807, 2.05) is 73.7 Å². The van der Waals surface area contributed by atoms with Gasteiger partial charge < -0.3 is 14.8 Å². The van der Waals surface area contributed by atoms with Gasteiger partial charge in [-0.2, -0.15) is 0 Å². The van der Waals surface area contributed by atoms with Crippen LogP contribution in [0.2, 0.25) is 0 Å². The number of aryl methyl sites for hydroxylation is 2. The molecule has 5 aromatic rings. The molecule has 1 atom stereocenters. The van der Waals surface area contributed by atoms with E-state index >= 15 is 0 Å². The summed E-state index contributed by atoms with van der Waals surface area (Å²) in [5.74, 6) is 1.87. The van der Waals surface area contributed by atoms with Gasteiger partial charge in [-0.1, -0.05) is 36.0 Å². The summed E-state index contributed by atoms with van der Waals surface area (Å²) in [7, 11) is 1.60. The number of thiophene rings is 1. The minimum Gasteiger partial charge on any atom is -0.497 e. The van der Waals surface area contributed by atoms with Gasteiger partial charge in [0.15, 0.2) is 5.16 Å². The average Bonchev–Trinajstić information content (AvgIpc) is 3.37. The number of anilines is 1. The first-order valence-electron chi connectivity index (χ1n) is 13.5. The molecule has 2 heterocycles. The summed E-state index contributed by atoms with van der Waals surface area (Å²) in [5.41, 5.74) is 2.34. The van der Waals surface area contributed by atoms with E-state index in [0.717, 1.165) is 41.8 Å². The van der Waals surface area contributed by atoms with Gasteiger partial charge in [-0.25, -0.2) is 4.98 Å². The van der Waals surface area contributed by atoms with Crippen molar-refractivity contribution in [2.24, 2.45) is 0 Å². The number of nitrogens with one attached hydrogen (secondary N) is 1. The molecule has 41 heavy (non-hydrogen) atoms. The molecular formula is C32H29N3O4S2. The van der Waals surface area contributed by atoms with Crippen molar-refractivity contribution < 1.29 is 14.3 Å². The van der Waals surface area contributed by atoms with Crippen LogP contribution >= 0.6 is 23.1 Å². The lowest BCUT2D eigenvalue weighted by molar-refractivity contribution is -0.115. The molecule has 0 aliphatic heterocycles. The second kappa shape index (κ2) is 11.8. The molecule has 0 saturated carbocycles. The molecule has 0 saturated heterocycles. The minimum absolute atomic E-state index is 0.105. The van der Waals surface area contributed by atoms with E-state index in [1.54, 1.807) is 35.1 Å². The monoisotopic (exact) mass is 583 g/mol. The topological polar surface area (TPSA) is 82.4 Å². The summed E-state index contributed by atoms with van der Waals surface area (Å²) in [6.45, 7) is 1.82. The van der Waals surface area contributed by atoms with E-state index < -0.39 is 5.25 Å². The van der Waals surface area contributed by atoms with Gasteiger partial charge in [0, 0.05) is 16.6 Å². The molecule has 7 nitrogen and oxygen atoms in total. The standard InChI is InChI=1S/C32H29N3O4S2/c1-20(29(36)33-21-15-17-24(18-16-21)39-23-10-4-3-5-11-23)40-32-34-30-28(26-13-6-7-14-27(26)41-30)31(37)35(32)22-9-8-12-25(19-22)38-2/h3-5,8-12,15-20H,6-7,13-14H2,1-2H3,(H,33,36)/t20-/m1/s1. The molecule has 1 amide bonds. The Labute approximate surface area is 246 Å². The van der Waals surface area contributed by atoms with E-state index in [1.165, 1.54) is 16.6 Å². The zero-order valence-corrected chi connectivity index (χ0v) is 24.4. The normalized spacial score (nSPS) is 13.4. The van der Waals surface area contributed by atoms with Crippen LogP contribution in [0.3, 0.4) is 0 Å². The van der Waals surface area contributed by atoms with Crippen molar-refractivity contribution in [3.63, 3.8) is 0 Å². The van der Waals surface area contributed by atoms with E-state index in [9.17, 15) is 9.59 Å². The van der Waals surface area contributed by atoms with Crippen molar-refractivity contribution in [1.29, 1.82) is 0 Å². The number of fused-ring (bicyclic) bond motifs is 3. The van der Waals surface area contributed by atoms with Crippen LogP contribution in [-0.2, 0) is 17.6 Å². The van der Waals surface area contributed by atoms with Crippen molar-refractivity contribution in [1.82, 2.24) is 9.55 Å². The van der Waals surface area contributed by atoms with E-state index in [2.05, 4.69) is 5.32 Å². The number of hydrogen-bond donors (Lipinski definition) is 1. The zero-order valence-electron chi connectivity index (χ0n) is 22.8. The fourth-order valence-corrected chi connectivity index (χ4v) is 7.16. The Kier molecular flexibility index (Phi) is 7.80. The Bertz CT molecular complexity index is 1760. The molecule has 1 N–H and O–H groups in total. The molecule has 0 spiro atoms. The summed E-state index contributed by atoms with van der Waals surface area (Å²) >= 11 is 2.87. The van der Waals surface area contributed by atoms with Crippen LogP contribution in [-0.4, -0.2) is 27.8 Å². The van der Waals surface area contributed by atoms with Gasteiger partial charge in [0.2, 0.25) is 5.91 Å². The van der Waals surface area contributed by atoms with Crippen molar-refractivity contribution in [2.45, 2.75) is 43.0 Å². The number of hydrogen-bond acceptors (Lipinski definition) is 7. The summed E-state index contributed by atoms with van der Waals surface area (Å²) in [5, 5.41) is 3.63. The van der Waals surface area contributed by atoms with Gasteiger partial charge in [-0.3, -0.25) is 14.2 Å². The lowest BCUT2D eigenvalue weighted by Crippen LogP contribution is -2.26. The van der Waals surface area contributed by atoms with Gasteiger partial charge in [0.05, 0.1) is 23.4 Å². The largest absolute Gasteiger partial charge is 0.497 e. The van der Waals surface area contributed by atoms with Crippen LogP contribution in [0.5, 0.6) is 17.2 Å². The average molecular weight is 584 g/mol. The zero-order chi connectivity index (χ0) is 28.3. The Morgan fingerprint density at radius 1 is 0.976 bits per heavy atom. The van der Waals surface area contributed by atoms with Crippen LogP contribution in [0.1, 0.15) is 30.2 Å². The number of benzene rings is 3. The smallest absolute Gasteiger partial charge is 0.267 e. The quantitative estimate of drug-likeness (QED) is 0.153. The molecular weight excluding hydrogens is 555 g/mol. The fraction of sp³-hybridized carbons (Fsp3) is 0.219. The van der Waals surface area contributed by atoms with Crippen molar-refractivity contribution >= 4 is 44.9 Å². The predicted octanol–water partition coefficient (Wildman–Crippen LogP) is 7.25. The highest BCUT2D eigenvalue weighted by Gasteiger charge is 2.25.